The highest BCUT2D eigenvalue weighted by atomic mass is 79.9. The third-order valence-corrected chi connectivity index (χ3v) is 4.99. The molecule has 24 heavy (non-hydrogen) atoms. The lowest BCUT2D eigenvalue weighted by molar-refractivity contribution is 0.186. The number of ether oxygens (including phenoxy) is 1. The molecule has 0 aliphatic heterocycles. The molecule has 2 heterocycles. The highest BCUT2D eigenvalue weighted by Crippen LogP contribution is 2.53. The van der Waals surface area contributed by atoms with Crippen molar-refractivity contribution in [3.63, 3.8) is 0 Å². The van der Waals surface area contributed by atoms with Crippen LogP contribution in [-0.4, -0.2) is 22.1 Å². The molecule has 0 unspecified atom stereocenters. The van der Waals surface area contributed by atoms with Crippen LogP contribution in [0.1, 0.15) is 41.0 Å². The normalized spacial score (nSPS) is 19.6. The van der Waals surface area contributed by atoms with Crippen molar-refractivity contribution < 1.29 is 4.74 Å². The summed E-state index contributed by atoms with van der Waals surface area (Å²) < 4.78 is 6.42. The lowest BCUT2D eigenvalue weighted by atomic mass is 10.1. The van der Waals surface area contributed by atoms with Crippen molar-refractivity contribution in [1.29, 1.82) is 0 Å². The quantitative estimate of drug-likeness (QED) is 0.664. The number of benzene rings is 1. The third-order valence-electron chi connectivity index (χ3n) is 4.49. The van der Waals surface area contributed by atoms with E-state index < -0.39 is 0 Å². The minimum absolute atomic E-state index is 0.373. The van der Waals surface area contributed by atoms with Gasteiger partial charge in [0.05, 0.1) is 12.1 Å². The zero-order valence-corrected chi connectivity index (χ0v) is 15.2. The van der Waals surface area contributed by atoms with Gasteiger partial charge in [-0.05, 0) is 43.2 Å². The van der Waals surface area contributed by atoms with E-state index in [0.29, 0.717) is 18.4 Å². The van der Waals surface area contributed by atoms with E-state index in [4.69, 9.17) is 9.72 Å². The Kier molecular flexibility index (Phi) is 4.06. The summed E-state index contributed by atoms with van der Waals surface area (Å²) in [5.41, 5.74) is 4.31. The van der Waals surface area contributed by atoms with Gasteiger partial charge < -0.3 is 4.74 Å². The Balaban J connectivity index is 1.72. The van der Waals surface area contributed by atoms with Crippen molar-refractivity contribution in [1.82, 2.24) is 15.0 Å². The fraction of sp³-hybridized carbons (Fsp3) is 0.316. The van der Waals surface area contributed by atoms with Crippen LogP contribution in [0.15, 0.2) is 41.0 Å². The first-order valence-corrected chi connectivity index (χ1v) is 8.82. The van der Waals surface area contributed by atoms with Gasteiger partial charge in [-0.2, -0.15) is 0 Å². The zero-order chi connectivity index (χ0) is 16.7. The van der Waals surface area contributed by atoms with Crippen LogP contribution >= 0.6 is 15.9 Å². The van der Waals surface area contributed by atoms with Gasteiger partial charge >= 0.3 is 0 Å². The van der Waals surface area contributed by atoms with E-state index in [-0.39, 0.29) is 0 Å². The predicted molar refractivity (Wildman–Crippen MR) is 97.0 cm³/mol. The molecule has 1 aliphatic rings. The van der Waals surface area contributed by atoms with E-state index >= 15 is 0 Å². The highest BCUT2D eigenvalue weighted by molar-refractivity contribution is 9.10. The first-order valence-electron chi connectivity index (χ1n) is 8.03. The van der Waals surface area contributed by atoms with Crippen LogP contribution in [0.25, 0.3) is 10.9 Å². The summed E-state index contributed by atoms with van der Waals surface area (Å²) in [6.07, 6.45) is 2.90. The molecular formula is C19H18BrN3O. The smallest absolute Gasteiger partial charge is 0.132 e. The first kappa shape index (κ1) is 15.7. The molecule has 4 nitrogen and oxygen atoms in total. The molecule has 1 saturated carbocycles. The molecule has 0 radical (unpaired) electrons. The number of fused-ring (bicyclic) bond motifs is 1. The second-order valence-corrected chi connectivity index (χ2v) is 7.22. The van der Waals surface area contributed by atoms with Crippen LogP contribution in [-0.2, 0) is 11.3 Å². The molecule has 122 valence electrons. The number of hydrogen-bond donors (Lipinski definition) is 0. The molecule has 0 saturated heterocycles. The van der Waals surface area contributed by atoms with E-state index in [2.05, 4.69) is 44.1 Å². The van der Waals surface area contributed by atoms with E-state index in [0.717, 1.165) is 39.0 Å². The summed E-state index contributed by atoms with van der Waals surface area (Å²) >= 11 is 3.54. The maximum atomic E-state index is 5.38. The van der Waals surface area contributed by atoms with Gasteiger partial charge in [0.25, 0.3) is 0 Å². The molecule has 5 heteroatoms. The average Bonchev–Trinajstić information content (AvgIpc) is 3.35. The number of nitrogens with zero attached hydrogens (tertiary/aromatic N) is 3. The second-order valence-electron chi connectivity index (χ2n) is 6.31. The zero-order valence-electron chi connectivity index (χ0n) is 13.7. The minimum Gasteiger partial charge on any atom is -0.380 e. The van der Waals surface area contributed by atoms with E-state index in [1.54, 1.807) is 7.11 Å². The lowest BCUT2D eigenvalue weighted by Crippen LogP contribution is -1.99. The Morgan fingerprint density at radius 1 is 1.17 bits per heavy atom. The highest BCUT2D eigenvalue weighted by Gasteiger charge is 2.43. The maximum Gasteiger partial charge on any atom is 0.132 e. The number of hydrogen-bond acceptors (Lipinski definition) is 4. The lowest BCUT2D eigenvalue weighted by Gasteiger charge is -2.09. The summed E-state index contributed by atoms with van der Waals surface area (Å²) in [4.78, 5) is 13.9. The summed E-state index contributed by atoms with van der Waals surface area (Å²) in [5.74, 6) is 1.70. The predicted octanol–water partition coefficient (Wildman–Crippen LogP) is 4.51. The third kappa shape index (κ3) is 2.94. The van der Waals surface area contributed by atoms with E-state index in [1.807, 2.05) is 25.3 Å². The number of halogens is 1. The van der Waals surface area contributed by atoms with E-state index in [1.165, 1.54) is 5.56 Å². The molecule has 1 fully saturated rings. The summed E-state index contributed by atoms with van der Waals surface area (Å²) in [6, 6.07) is 10.3. The number of methoxy groups -OCH3 is 1. The molecule has 0 N–H and O–H groups in total. The van der Waals surface area contributed by atoms with E-state index in [9.17, 15) is 0 Å². The number of rotatable bonds is 4. The average molecular weight is 384 g/mol. The SMILES string of the molecule is COCc1cc([C@H]2C[C@@H]2c2nccc(C)n2)nc2cc(Br)ccc12. The second kappa shape index (κ2) is 6.22. The van der Waals surface area contributed by atoms with Gasteiger partial charge in [0.2, 0.25) is 0 Å². The minimum atomic E-state index is 0.373. The molecule has 2 atom stereocenters. The molecule has 3 aromatic rings. The summed E-state index contributed by atoms with van der Waals surface area (Å²) in [7, 11) is 1.73. The van der Waals surface area contributed by atoms with Crippen LogP contribution in [0.2, 0.25) is 0 Å². The Labute approximate surface area is 149 Å². The Hall–Kier alpha value is -1.85. The fourth-order valence-corrected chi connectivity index (χ4v) is 3.56. The Morgan fingerprint density at radius 3 is 2.83 bits per heavy atom. The van der Waals surface area contributed by atoms with Crippen molar-refractivity contribution in [2.24, 2.45) is 0 Å². The topological polar surface area (TPSA) is 47.9 Å². The van der Waals surface area contributed by atoms with Gasteiger partial charge in [0, 0.05) is 46.4 Å². The van der Waals surface area contributed by atoms with Crippen LogP contribution < -0.4 is 0 Å². The van der Waals surface area contributed by atoms with Gasteiger partial charge in [-0.3, -0.25) is 4.98 Å². The van der Waals surface area contributed by atoms with Crippen LogP contribution in [0, 0.1) is 6.92 Å². The number of pyridine rings is 1. The van der Waals surface area contributed by atoms with Gasteiger partial charge in [0.1, 0.15) is 5.82 Å². The maximum absolute atomic E-state index is 5.38. The van der Waals surface area contributed by atoms with Crippen LogP contribution in [0.5, 0.6) is 0 Å². The standard InChI is InChI=1S/C19H18BrN3O/c1-11-5-6-21-19(22-11)16-9-15(16)17-7-12(10-24-2)14-4-3-13(20)8-18(14)23-17/h3-8,15-16H,9-10H2,1-2H3/t15-,16-/m0/s1. The number of aromatic nitrogens is 3. The van der Waals surface area contributed by atoms with Gasteiger partial charge in [-0.25, -0.2) is 9.97 Å². The van der Waals surface area contributed by atoms with Gasteiger partial charge in [0.15, 0.2) is 0 Å². The van der Waals surface area contributed by atoms with Crippen molar-refractivity contribution in [2.75, 3.05) is 7.11 Å². The Bertz CT molecular complexity index is 912. The summed E-state index contributed by atoms with van der Waals surface area (Å²) in [5, 5.41) is 1.15. The molecule has 0 amide bonds. The summed E-state index contributed by atoms with van der Waals surface area (Å²) in [6.45, 7) is 2.59. The van der Waals surface area contributed by atoms with Crippen molar-refractivity contribution in [3.8, 4) is 0 Å². The molecule has 1 aromatic carbocycles. The molecular weight excluding hydrogens is 366 g/mol. The molecule has 2 aromatic heterocycles. The monoisotopic (exact) mass is 383 g/mol. The molecule has 1 aliphatic carbocycles. The Morgan fingerprint density at radius 2 is 2.04 bits per heavy atom. The van der Waals surface area contributed by atoms with Gasteiger partial charge in [-0.15, -0.1) is 0 Å². The fourth-order valence-electron chi connectivity index (χ4n) is 3.22. The first-order chi connectivity index (χ1) is 11.7. The van der Waals surface area contributed by atoms with Crippen molar-refractivity contribution in [2.45, 2.75) is 31.8 Å². The largest absolute Gasteiger partial charge is 0.380 e. The van der Waals surface area contributed by atoms with Crippen molar-refractivity contribution in [3.05, 3.63) is 63.8 Å². The molecule has 0 bridgehead atoms. The molecule has 0 spiro atoms. The van der Waals surface area contributed by atoms with Gasteiger partial charge in [-0.1, -0.05) is 22.0 Å². The van der Waals surface area contributed by atoms with Crippen LogP contribution in [0.3, 0.4) is 0 Å². The number of aryl methyl sites for hydroxylation is 1. The molecule has 4 rings (SSSR count). The van der Waals surface area contributed by atoms with Crippen LogP contribution in [0.4, 0.5) is 0 Å². The van der Waals surface area contributed by atoms with Crippen molar-refractivity contribution >= 4 is 26.8 Å².